The zero-order valence-electron chi connectivity index (χ0n) is 37.0. The fourth-order valence-electron chi connectivity index (χ4n) is 10.9. The first-order chi connectivity index (χ1) is 32.7. The van der Waals surface area contributed by atoms with E-state index in [2.05, 4.69) is 158 Å². The molecule has 1 N–H and O–H groups in total. The van der Waals surface area contributed by atoms with E-state index in [0.29, 0.717) is 35.1 Å². The van der Waals surface area contributed by atoms with Gasteiger partial charge in [0, 0.05) is 49.7 Å². The van der Waals surface area contributed by atoms with E-state index in [9.17, 15) is 14.4 Å². The first-order valence-electron chi connectivity index (χ1n) is 23.0. The molecule has 2 heterocycles. The number of nitrogens with zero attached hydrogens (tertiary/aromatic N) is 3. The van der Waals surface area contributed by atoms with Gasteiger partial charge in [0.15, 0.2) is 0 Å². The van der Waals surface area contributed by atoms with Gasteiger partial charge in [0.05, 0.1) is 0 Å². The molecule has 11 rings (SSSR count). The summed E-state index contributed by atoms with van der Waals surface area (Å²) in [5.74, 6) is -0.436. The van der Waals surface area contributed by atoms with Gasteiger partial charge in [0.25, 0.3) is 0 Å². The number of benzene rings is 9. The van der Waals surface area contributed by atoms with Crippen LogP contribution in [0.15, 0.2) is 170 Å². The third-order valence-corrected chi connectivity index (χ3v) is 24.6. The van der Waals surface area contributed by atoms with Gasteiger partial charge in [-0.2, -0.15) is 0 Å². The van der Waals surface area contributed by atoms with E-state index in [0.717, 1.165) is 65.2 Å². The number of amides is 3. The standard InChI is InChI=1S/C57H49BrClN4O3P/c58-67(41-11-4-1-5-12-41,42-13-6-2-7-14-42,43-15-8-3-9-16-43)36-30-60-52(64)29-31-63-56(65)49-25-23-46-44-17-10-18-48-51(62-34-32-61(33-35-62)38-40-21-19-39(37-59)20-22-40)28-27-45(53(44)48)47-24-26-50(57(63)66)55(49)54(46)47/h1-28H,29-38H2,(H,60,64). The van der Waals surface area contributed by atoms with Crippen LogP contribution in [0, 0.1) is 0 Å². The predicted molar refractivity (Wildman–Crippen MR) is 283 cm³/mol. The van der Waals surface area contributed by atoms with Crippen molar-refractivity contribution in [3.05, 3.63) is 192 Å². The molecule has 9 aromatic carbocycles. The van der Waals surface area contributed by atoms with Gasteiger partial charge in [-0.05, 0) is 33.4 Å². The van der Waals surface area contributed by atoms with Crippen LogP contribution in [0.25, 0.3) is 43.1 Å². The average molecular weight is 984 g/mol. The first kappa shape index (κ1) is 43.4. The second kappa shape index (κ2) is 17.5. The maximum atomic E-state index is 14.4. The quantitative estimate of drug-likeness (QED) is 0.0410. The van der Waals surface area contributed by atoms with Crippen LogP contribution in [-0.4, -0.2) is 73.0 Å². The Bertz CT molecular complexity index is 3180. The Balaban J connectivity index is 0.831. The van der Waals surface area contributed by atoms with E-state index in [1.807, 2.05) is 42.5 Å². The Labute approximate surface area is 403 Å². The van der Waals surface area contributed by atoms with Gasteiger partial charge in [-0.1, -0.05) is 48.5 Å². The Kier molecular flexibility index (Phi) is 11.3. The number of carbonyl (C=O) groups excluding carboxylic acids is 3. The first-order valence-corrected chi connectivity index (χ1v) is 28.0. The molecule has 2 aliphatic rings. The molecule has 1 fully saturated rings. The van der Waals surface area contributed by atoms with Crippen LogP contribution in [0.1, 0.15) is 38.3 Å². The molecule has 0 saturated carbocycles. The van der Waals surface area contributed by atoms with Gasteiger partial charge in [0.1, 0.15) is 0 Å². The van der Waals surface area contributed by atoms with Gasteiger partial charge in [-0.3, -0.25) is 4.90 Å². The number of halogens is 2. The minimum atomic E-state index is -3.26. The second-order valence-electron chi connectivity index (χ2n) is 17.9. The third kappa shape index (κ3) is 7.28. The fraction of sp³-hybridized carbons (Fsp3) is 0.175. The second-order valence-corrected chi connectivity index (χ2v) is 27.2. The number of anilines is 1. The Morgan fingerprint density at radius 3 is 1.63 bits per heavy atom. The molecule has 0 aromatic heterocycles. The fourth-order valence-corrected chi connectivity index (χ4v) is 18.3. The average Bonchev–Trinajstić information content (AvgIpc) is 3.38. The van der Waals surface area contributed by atoms with Crippen molar-refractivity contribution in [3.63, 3.8) is 0 Å². The van der Waals surface area contributed by atoms with E-state index in [4.69, 9.17) is 11.6 Å². The Hall–Kier alpha value is -6.15. The molecule has 0 unspecified atom stereocenters. The van der Waals surface area contributed by atoms with Crippen molar-refractivity contribution < 1.29 is 14.4 Å². The van der Waals surface area contributed by atoms with Gasteiger partial charge < -0.3 is 4.90 Å². The number of hydrogen-bond acceptors (Lipinski definition) is 5. The van der Waals surface area contributed by atoms with Crippen molar-refractivity contribution in [3.8, 4) is 0 Å². The molecule has 0 bridgehead atoms. The summed E-state index contributed by atoms with van der Waals surface area (Å²) < 4.78 is 0. The number of imide groups is 1. The summed E-state index contributed by atoms with van der Waals surface area (Å²) in [7, 11) is 0. The summed E-state index contributed by atoms with van der Waals surface area (Å²) >= 11 is 10.5. The number of hydrogen-bond donors (Lipinski definition) is 1. The van der Waals surface area contributed by atoms with Crippen molar-refractivity contribution in [1.29, 1.82) is 0 Å². The van der Waals surface area contributed by atoms with E-state index in [1.165, 1.54) is 42.8 Å². The maximum absolute atomic E-state index is 14.4. The molecule has 3 amide bonds. The summed E-state index contributed by atoms with van der Waals surface area (Å²) in [5.41, 5.74) is 4.64. The zero-order chi connectivity index (χ0) is 45.7. The third-order valence-electron chi connectivity index (χ3n) is 14.3. The molecule has 0 spiro atoms. The van der Waals surface area contributed by atoms with Crippen LogP contribution < -0.4 is 26.1 Å². The summed E-state index contributed by atoms with van der Waals surface area (Å²) in [4.78, 5) is 48.8. The molecule has 0 aliphatic carbocycles. The van der Waals surface area contributed by atoms with Gasteiger partial charge in [-0.15, -0.1) is 11.6 Å². The monoisotopic (exact) mass is 982 g/mol. The van der Waals surface area contributed by atoms with Crippen LogP contribution in [-0.2, 0) is 17.2 Å². The van der Waals surface area contributed by atoms with Gasteiger partial charge >= 0.3 is 253 Å². The van der Waals surface area contributed by atoms with Crippen LogP contribution in [0.5, 0.6) is 0 Å². The Morgan fingerprint density at radius 2 is 1.06 bits per heavy atom. The van der Waals surface area contributed by atoms with Gasteiger partial charge in [0.2, 0.25) is 0 Å². The molecule has 2 aliphatic heterocycles. The number of carbonyl (C=O) groups is 3. The molecule has 9 aromatic rings. The summed E-state index contributed by atoms with van der Waals surface area (Å²) in [6, 6.07) is 58.9. The summed E-state index contributed by atoms with van der Waals surface area (Å²) in [6.07, 6.45) is 0.611. The van der Waals surface area contributed by atoms with Crippen molar-refractivity contribution in [2.24, 2.45) is 0 Å². The number of alkyl halides is 1. The molecular formula is C57H49BrClN4O3P. The van der Waals surface area contributed by atoms with E-state index in [-0.39, 0.29) is 30.7 Å². The molecule has 10 heteroatoms. The van der Waals surface area contributed by atoms with Gasteiger partial charge in [-0.25, -0.2) is 0 Å². The van der Waals surface area contributed by atoms with Crippen molar-refractivity contribution in [1.82, 2.24) is 15.1 Å². The van der Waals surface area contributed by atoms with Crippen LogP contribution in [0.4, 0.5) is 5.69 Å². The molecule has 1 saturated heterocycles. The zero-order valence-corrected chi connectivity index (χ0v) is 40.2. The number of piperazine rings is 1. The van der Waals surface area contributed by atoms with E-state index < -0.39 is 5.31 Å². The molecular weight excluding hydrogens is 935 g/mol. The summed E-state index contributed by atoms with van der Waals surface area (Å²) in [5, 5.41) is 11.7. The van der Waals surface area contributed by atoms with Crippen molar-refractivity contribution >= 4 is 115 Å². The number of fused-ring (bicyclic) bond motifs is 2. The Morgan fingerprint density at radius 1 is 0.552 bits per heavy atom. The molecule has 67 heavy (non-hydrogen) atoms. The van der Waals surface area contributed by atoms with Crippen LogP contribution in [0.2, 0.25) is 0 Å². The molecule has 0 radical (unpaired) electrons. The van der Waals surface area contributed by atoms with Crippen LogP contribution >= 0.6 is 32.4 Å². The van der Waals surface area contributed by atoms with E-state index >= 15 is 0 Å². The number of rotatable bonds is 13. The molecule has 7 nitrogen and oxygen atoms in total. The molecule has 0 atom stereocenters. The predicted octanol–water partition coefficient (Wildman–Crippen LogP) is 10.7. The topological polar surface area (TPSA) is 73.0 Å². The van der Waals surface area contributed by atoms with Crippen LogP contribution in [0.3, 0.4) is 0 Å². The van der Waals surface area contributed by atoms with Crippen molar-refractivity contribution in [2.75, 3.05) is 50.3 Å². The van der Waals surface area contributed by atoms with Crippen molar-refractivity contribution in [2.45, 2.75) is 18.8 Å². The normalized spacial score (nSPS) is 15.2. The van der Waals surface area contributed by atoms with E-state index in [1.54, 1.807) is 0 Å². The number of nitrogens with one attached hydrogen (secondary N) is 1. The SMILES string of the molecule is O=C(CCN1C(=O)c2ccc3c4cccc5c(N6CCN(Cc7ccc(CCl)cc7)CC6)ccc(c6ccc(c2c36)C1=O)c54)NCCP(Br)(c1ccccc1)(c1ccccc1)c1ccccc1. The molecule has 334 valence electrons. The summed E-state index contributed by atoms with van der Waals surface area (Å²) in [6.45, 7) is 5.07. The minimum absolute atomic E-state index is 0.0120.